The Kier molecular flexibility index (Phi) is 11.2. The van der Waals surface area contributed by atoms with Crippen LogP contribution >= 0.6 is 7.44 Å². The van der Waals surface area contributed by atoms with Crippen LogP contribution in [0.25, 0.3) is 11.2 Å². The summed E-state index contributed by atoms with van der Waals surface area (Å²) >= 11 is 0. The second-order valence-corrected chi connectivity index (χ2v) is 11.1. The number of hydrogen-bond donors (Lipinski definition) is 3. The molecule has 2 aromatic heterocycles. The van der Waals surface area contributed by atoms with Crippen LogP contribution in [-0.4, -0.2) is 68.7 Å². The molecule has 0 fully saturated rings. The van der Waals surface area contributed by atoms with Gasteiger partial charge < -0.3 is 24.5 Å². The summed E-state index contributed by atoms with van der Waals surface area (Å²) in [7, 11) is -3.62. The Hall–Kier alpha value is -2.60. The second kappa shape index (κ2) is 13.6. The molecule has 4 N–H and O–H groups in total. The summed E-state index contributed by atoms with van der Waals surface area (Å²) in [5, 5.41) is 5.58. The highest BCUT2D eigenvalue weighted by Crippen LogP contribution is 2.38. The van der Waals surface area contributed by atoms with Crippen LogP contribution in [0.1, 0.15) is 54.4 Å². The number of nitrogens with zero attached hydrogens (tertiary/aromatic N) is 4. The molecule has 202 valence electrons. The first kappa shape index (κ1) is 29.6. The van der Waals surface area contributed by atoms with Crippen LogP contribution in [-0.2, 0) is 34.9 Å². The van der Waals surface area contributed by atoms with Crippen molar-refractivity contribution in [3.05, 3.63) is 12.7 Å². The minimum Gasteiger partial charge on any atom is -0.465 e. The highest BCUT2D eigenvalue weighted by molar-refractivity contribution is 7.59. The number of hydrogen-bond acceptors (Lipinski definition) is 10. The lowest BCUT2D eigenvalue weighted by Crippen LogP contribution is -2.43. The van der Waals surface area contributed by atoms with Crippen molar-refractivity contribution in [2.45, 2.75) is 85.2 Å². The van der Waals surface area contributed by atoms with Crippen molar-refractivity contribution in [2.24, 2.45) is 0 Å². The molecule has 2 heterocycles. The van der Waals surface area contributed by atoms with Crippen LogP contribution in [0.5, 0.6) is 0 Å². The quantitative estimate of drug-likeness (QED) is 0.175. The number of aromatic nitrogens is 4. The van der Waals surface area contributed by atoms with E-state index in [1.165, 1.54) is 13.3 Å². The zero-order valence-electron chi connectivity index (χ0n) is 21.8. The molecule has 4 atom stereocenters. The fourth-order valence-electron chi connectivity index (χ4n) is 3.21. The molecule has 14 heteroatoms. The van der Waals surface area contributed by atoms with E-state index in [0.717, 1.165) is 12.8 Å². The van der Waals surface area contributed by atoms with Crippen molar-refractivity contribution in [3.63, 3.8) is 0 Å². The summed E-state index contributed by atoms with van der Waals surface area (Å²) in [6.45, 7) is 10.9. The molecule has 0 aliphatic rings. The minimum absolute atomic E-state index is 0.271. The van der Waals surface area contributed by atoms with E-state index in [2.05, 4.69) is 25.1 Å². The zero-order valence-corrected chi connectivity index (χ0v) is 22.7. The number of anilines is 1. The summed E-state index contributed by atoms with van der Waals surface area (Å²) in [5.74, 6) is -0.842. The van der Waals surface area contributed by atoms with Crippen molar-refractivity contribution < 1.29 is 28.4 Å². The maximum Gasteiger partial charge on any atom is 0.323 e. The molecule has 0 aliphatic heterocycles. The number of fused-ring (bicyclic) bond motifs is 1. The predicted octanol–water partition coefficient (Wildman–Crippen LogP) is 2.22. The smallest absolute Gasteiger partial charge is 0.323 e. The van der Waals surface area contributed by atoms with Gasteiger partial charge in [0.25, 0.3) is 0 Å². The minimum atomic E-state index is -3.62. The number of carbonyl (C=O) groups excluding carboxylic acids is 2. The van der Waals surface area contributed by atoms with Crippen molar-refractivity contribution in [3.8, 4) is 0 Å². The summed E-state index contributed by atoms with van der Waals surface area (Å²) < 4.78 is 31.9. The summed E-state index contributed by atoms with van der Waals surface area (Å²) in [4.78, 5) is 37.0. The average molecular weight is 528 g/mol. The standard InChI is InChI=1S/C22H38N7O6P/c1-7-8-9-33-21(30)16(5)27-36(32,28-17(6)22(31)35-14(2)3)13-34-15(4)10-29-12-26-18-19(23)24-11-25-20(18)29/h11-12,14-17H,7-10,13H2,1-6H3,(H2,23,24,25)(H2,27,28,32)/t15-,16+,17+,36+/m1/s1. The van der Waals surface area contributed by atoms with Gasteiger partial charge in [-0.3, -0.25) is 14.2 Å². The van der Waals surface area contributed by atoms with Crippen LogP contribution in [0.2, 0.25) is 0 Å². The molecule has 36 heavy (non-hydrogen) atoms. The van der Waals surface area contributed by atoms with E-state index in [4.69, 9.17) is 19.9 Å². The molecule has 0 unspecified atom stereocenters. The third kappa shape index (κ3) is 8.81. The number of imidazole rings is 1. The zero-order chi connectivity index (χ0) is 26.9. The van der Waals surface area contributed by atoms with Crippen LogP contribution in [0.15, 0.2) is 12.7 Å². The lowest BCUT2D eigenvalue weighted by molar-refractivity contribution is -0.149. The number of unbranched alkanes of at least 4 members (excludes halogenated alkanes) is 1. The normalized spacial score (nSPS) is 15.9. The van der Waals surface area contributed by atoms with Gasteiger partial charge in [-0.2, -0.15) is 0 Å². The Morgan fingerprint density at radius 3 is 2.39 bits per heavy atom. The first-order valence-electron chi connectivity index (χ1n) is 12.0. The number of nitrogens with two attached hydrogens (primary N) is 1. The number of nitrogens with one attached hydrogen (secondary N) is 2. The van der Waals surface area contributed by atoms with E-state index in [9.17, 15) is 14.2 Å². The first-order chi connectivity index (χ1) is 17.0. The maximum atomic E-state index is 13.8. The van der Waals surface area contributed by atoms with Crippen LogP contribution < -0.4 is 15.9 Å². The molecule has 0 spiro atoms. The van der Waals surface area contributed by atoms with E-state index in [0.29, 0.717) is 17.7 Å². The van der Waals surface area contributed by atoms with Crippen LogP contribution in [0.3, 0.4) is 0 Å². The highest BCUT2D eigenvalue weighted by atomic mass is 31.2. The third-order valence-electron chi connectivity index (χ3n) is 5.03. The number of rotatable bonds is 15. The molecule has 0 aromatic carbocycles. The summed E-state index contributed by atoms with van der Waals surface area (Å²) in [6.07, 6.45) is 3.46. The summed E-state index contributed by atoms with van der Waals surface area (Å²) in [6, 6.07) is -1.81. The second-order valence-electron chi connectivity index (χ2n) is 8.88. The number of ether oxygens (including phenoxy) is 3. The Labute approximate surface area is 211 Å². The van der Waals surface area contributed by atoms with Gasteiger partial charge in [0.1, 0.15) is 30.3 Å². The van der Waals surface area contributed by atoms with E-state index in [-0.39, 0.29) is 24.9 Å². The van der Waals surface area contributed by atoms with Gasteiger partial charge >= 0.3 is 11.9 Å². The van der Waals surface area contributed by atoms with Gasteiger partial charge in [-0.25, -0.2) is 25.1 Å². The molecule has 0 saturated heterocycles. The fraction of sp³-hybridized carbons (Fsp3) is 0.682. The first-order valence-corrected chi connectivity index (χ1v) is 13.9. The molecule has 0 aliphatic carbocycles. The lowest BCUT2D eigenvalue weighted by Gasteiger charge is -2.27. The van der Waals surface area contributed by atoms with Crippen LogP contribution in [0, 0.1) is 0 Å². The molecule has 2 aromatic rings. The van der Waals surface area contributed by atoms with E-state index >= 15 is 0 Å². The maximum absolute atomic E-state index is 13.8. The topological polar surface area (TPSA) is 173 Å². The third-order valence-corrected chi connectivity index (χ3v) is 7.15. The molecule has 0 amide bonds. The van der Waals surface area contributed by atoms with Gasteiger partial charge in [0, 0.05) is 0 Å². The molecule has 0 radical (unpaired) electrons. The van der Waals surface area contributed by atoms with Crippen LogP contribution in [0.4, 0.5) is 5.82 Å². The van der Waals surface area contributed by atoms with Gasteiger partial charge in [-0.1, -0.05) is 13.3 Å². The Balaban J connectivity index is 2.09. The highest BCUT2D eigenvalue weighted by Gasteiger charge is 2.33. The number of nitrogen functional groups attached to an aromatic ring is 1. The molecular weight excluding hydrogens is 489 g/mol. The molecule has 0 bridgehead atoms. The fourth-order valence-corrected chi connectivity index (χ4v) is 5.36. The van der Waals surface area contributed by atoms with Gasteiger partial charge in [0.15, 0.2) is 11.5 Å². The molecule has 13 nitrogen and oxygen atoms in total. The SMILES string of the molecule is CCCCOC(=O)[C@H](C)N[P@@](=O)(CO[C@H](C)Cn1cnc2c(N)ncnc21)N[C@@H](C)C(=O)OC(C)C. The summed E-state index contributed by atoms with van der Waals surface area (Å²) in [5.41, 5.74) is 6.86. The molecule has 2 rings (SSSR count). The largest absolute Gasteiger partial charge is 0.465 e. The number of esters is 2. The van der Waals surface area contributed by atoms with Gasteiger partial charge in [-0.05, 0) is 41.0 Å². The van der Waals surface area contributed by atoms with Crippen molar-refractivity contribution in [1.82, 2.24) is 29.7 Å². The Bertz CT molecular complexity index is 1060. The van der Waals surface area contributed by atoms with Crippen molar-refractivity contribution >= 4 is 36.4 Å². The molecule has 0 saturated carbocycles. The predicted molar refractivity (Wildman–Crippen MR) is 135 cm³/mol. The van der Waals surface area contributed by atoms with Gasteiger partial charge in [0.2, 0.25) is 7.44 Å². The monoisotopic (exact) mass is 527 g/mol. The number of carbonyl (C=O) groups is 2. The van der Waals surface area contributed by atoms with Crippen molar-refractivity contribution in [1.29, 1.82) is 0 Å². The van der Waals surface area contributed by atoms with E-state index in [1.807, 2.05) is 6.92 Å². The molecular formula is C22H38N7O6P. The van der Waals surface area contributed by atoms with Gasteiger partial charge in [-0.15, -0.1) is 0 Å². The average Bonchev–Trinajstić information content (AvgIpc) is 3.21. The van der Waals surface area contributed by atoms with Crippen molar-refractivity contribution in [2.75, 3.05) is 18.7 Å². The van der Waals surface area contributed by atoms with E-state index < -0.39 is 37.6 Å². The lowest BCUT2D eigenvalue weighted by atomic mass is 10.3. The Morgan fingerprint density at radius 2 is 1.75 bits per heavy atom. The van der Waals surface area contributed by atoms with Gasteiger partial charge in [0.05, 0.1) is 31.7 Å². The Morgan fingerprint density at radius 1 is 1.08 bits per heavy atom. The van der Waals surface area contributed by atoms with E-state index in [1.54, 1.807) is 38.6 Å².